The van der Waals surface area contributed by atoms with Crippen LogP contribution in [0.3, 0.4) is 0 Å². The van der Waals surface area contributed by atoms with Crippen LogP contribution in [0.25, 0.3) is 0 Å². The van der Waals surface area contributed by atoms with Crippen LogP contribution >= 0.6 is 0 Å². The normalized spacial score (nSPS) is 13.2. The molecule has 136 valence electrons. The SMILES string of the molecule is Cc1ccc(NCC(=O)Nc2cccc(NC(=O)C3CC3)c2C)cc1C. The molecular weight excluding hydrogens is 326 g/mol. The highest BCUT2D eigenvalue weighted by molar-refractivity contribution is 5.98. The Bertz CT molecular complexity index is 841. The Labute approximate surface area is 154 Å². The lowest BCUT2D eigenvalue weighted by Crippen LogP contribution is -2.22. The summed E-state index contributed by atoms with van der Waals surface area (Å²) in [6.07, 6.45) is 1.93. The number of anilines is 3. The smallest absolute Gasteiger partial charge is 0.243 e. The number of rotatable bonds is 6. The molecular formula is C21H25N3O2. The maximum atomic E-state index is 12.3. The second-order valence-electron chi connectivity index (χ2n) is 6.94. The third-order valence-corrected chi connectivity index (χ3v) is 4.77. The number of carbonyl (C=O) groups excluding carboxylic acids is 2. The average molecular weight is 351 g/mol. The molecule has 0 bridgehead atoms. The fraction of sp³-hybridized carbons (Fsp3) is 0.333. The maximum absolute atomic E-state index is 12.3. The lowest BCUT2D eigenvalue weighted by Gasteiger charge is -2.14. The summed E-state index contributed by atoms with van der Waals surface area (Å²) in [5, 5.41) is 9.00. The molecule has 2 amide bonds. The second-order valence-corrected chi connectivity index (χ2v) is 6.94. The summed E-state index contributed by atoms with van der Waals surface area (Å²) in [7, 11) is 0. The summed E-state index contributed by atoms with van der Waals surface area (Å²) >= 11 is 0. The van der Waals surface area contributed by atoms with Crippen molar-refractivity contribution >= 4 is 28.9 Å². The van der Waals surface area contributed by atoms with Crippen LogP contribution in [0.2, 0.25) is 0 Å². The summed E-state index contributed by atoms with van der Waals surface area (Å²) in [5.74, 6) is 0.0831. The summed E-state index contributed by atoms with van der Waals surface area (Å²) in [4.78, 5) is 24.2. The van der Waals surface area contributed by atoms with Gasteiger partial charge in [0.25, 0.3) is 0 Å². The fourth-order valence-electron chi connectivity index (χ4n) is 2.71. The topological polar surface area (TPSA) is 70.2 Å². The molecule has 0 radical (unpaired) electrons. The number of benzene rings is 2. The van der Waals surface area contributed by atoms with Crippen LogP contribution in [0.5, 0.6) is 0 Å². The van der Waals surface area contributed by atoms with E-state index in [1.807, 2.05) is 50.2 Å². The molecule has 3 N–H and O–H groups in total. The van der Waals surface area contributed by atoms with E-state index in [4.69, 9.17) is 0 Å². The molecule has 1 saturated carbocycles. The van der Waals surface area contributed by atoms with Crippen LogP contribution < -0.4 is 16.0 Å². The highest BCUT2D eigenvalue weighted by atomic mass is 16.2. The van der Waals surface area contributed by atoms with E-state index in [2.05, 4.69) is 22.9 Å². The zero-order valence-corrected chi connectivity index (χ0v) is 15.5. The highest BCUT2D eigenvalue weighted by Gasteiger charge is 2.29. The molecule has 0 saturated heterocycles. The van der Waals surface area contributed by atoms with Gasteiger partial charge in [0.1, 0.15) is 0 Å². The standard InChI is InChI=1S/C21H25N3O2/c1-13-7-10-17(11-14(13)2)22-12-20(25)23-18-5-4-6-19(15(18)3)24-21(26)16-8-9-16/h4-7,10-11,16,22H,8-9,12H2,1-3H3,(H,23,25)(H,24,26). The van der Waals surface area contributed by atoms with Gasteiger partial charge < -0.3 is 16.0 Å². The van der Waals surface area contributed by atoms with E-state index >= 15 is 0 Å². The Balaban J connectivity index is 1.59. The number of aryl methyl sites for hydroxylation is 2. The molecule has 5 heteroatoms. The van der Waals surface area contributed by atoms with Crippen molar-refractivity contribution in [1.82, 2.24) is 0 Å². The minimum absolute atomic E-state index is 0.0629. The van der Waals surface area contributed by atoms with Crippen molar-refractivity contribution < 1.29 is 9.59 Å². The van der Waals surface area contributed by atoms with Gasteiger partial charge in [-0.15, -0.1) is 0 Å². The number of hydrogen-bond acceptors (Lipinski definition) is 3. The van der Waals surface area contributed by atoms with Crippen LogP contribution in [0.4, 0.5) is 17.1 Å². The molecule has 0 aliphatic heterocycles. The fourth-order valence-corrected chi connectivity index (χ4v) is 2.71. The monoisotopic (exact) mass is 351 g/mol. The molecule has 0 unspecified atom stereocenters. The van der Waals surface area contributed by atoms with Gasteiger partial charge in [0, 0.05) is 23.0 Å². The van der Waals surface area contributed by atoms with Crippen LogP contribution in [0.15, 0.2) is 36.4 Å². The minimum atomic E-state index is -0.128. The van der Waals surface area contributed by atoms with Crippen molar-refractivity contribution in [2.45, 2.75) is 33.6 Å². The van der Waals surface area contributed by atoms with E-state index in [-0.39, 0.29) is 24.3 Å². The third kappa shape index (κ3) is 4.42. The average Bonchev–Trinajstić information content (AvgIpc) is 3.44. The third-order valence-electron chi connectivity index (χ3n) is 4.77. The van der Waals surface area contributed by atoms with Gasteiger partial charge >= 0.3 is 0 Å². The van der Waals surface area contributed by atoms with Crippen molar-refractivity contribution in [3.8, 4) is 0 Å². The van der Waals surface area contributed by atoms with Crippen molar-refractivity contribution in [3.05, 3.63) is 53.1 Å². The molecule has 1 fully saturated rings. The molecule has 3 rings (SSSR count). The summed E-state index contributed by atoms with van der Waals surface area (Å²) < 4.78 is 0. The predicted molar refractivity (Wildman–Crippen MR) is 106 cm³/mol. The predicted octanol–water partition coefficient (Wildman–Crippen LogP) is 4.01. The largest absolute Gasteiger partial charge is 0.376 e. The lowest BCUT2D eigenvalue weighted by atomic mass is 10.1. The first-order valence-electron chi connectivity index (χ1n) is 8.95. The van der Waals surface area contributed by atoms with Crippen molar-refractivity contribution in [3.63, 3.8) is 0 Å². The molecule has 1 aliphatic carbocycles. The summed E-state index contributed by atoms with van der Waals surface area (Å²) in [6, 6.07) is 11.6. The Hall–Kier alpha value is -2.82. The van der Waals surface area contributed by atoms with Gasteiger partial charge in [-0.1, -0.05) is 12.1 Å². The molecule has 0 aromatic heterocycles. The summed E-state index contributed by atoms with van der Waals surface area (Å²) in [6.45, 7) is 6.18. The first-order valence-corrected chi connectivity index (χ1v) is 8.95. The van der Waals surface area contributed by atoms with E-state index < -0.39 is 0 Å². The Morgan fingerprint density at radius 2 is 1.65 bits per heavy atom. The second kappa shape index (κ2) is 7.60. The molecule has 2 aromatic carbocycles. The Kier molecular flexibility index (Phi) is 5.26. The van der Waals surface area contributed by atoms with Gasteiger partial charge in [-0.25, -0.2) is 0 Å². The molecule has 0 spiro atoms. The molecule has 0 atom stereocenters. The summed E-state index contributed by atoms with van der Waals surface area (Å²) in [5.41, 5.74) is 5.66. The number of carbonyl (C=O) groups is 2. The van der Waals surface area contributed by atoms with Gasteiger partial charge in [0.05, 0.1) is 6.54 Å². The zero-order chi connectivity index (χ0) is 18.7. The zero-order valence-electron chi connectivity index (χ0n) is 15.5. The van der Waals surface area contributed by atoms with Gasteiger partial charge in [-0.05, 0) is 74.6 Å². The maximum Gasteiger partial charge on any atom is 0.243 e. The van der Waals surface area contributed by atoms with E-state index in [0.717, 1.165) is 29.8 Å². The molecule has 2 aromatic rings. The lowest BCUT2D eigenvalue weighted by molar-refractivity contribution is -0.117. The van der Waals surface area contributed by atoms with Crippen molar-refractivity contribution in [2.75, 3.05) is 22.5 Å². The van der Waals surface area contributed by atoms with Gasteiger partial charge in [-0.3, -0.25) is 9.59 Å². The highest BCUT2D eigenvalue weighted by Crippen LogP contribution is 2.31. The van der Waals surface area contributed by atoms with E-state index in [1.54, 1.807) is 0 Å². The van der Waals surface area contributed by atoms with E-state index in [1.165, 1.54) is 11.1 Å². The Morgan fingerprint density at radius 1 is 0.962 bits per heavy atom. The Morgan fingerprint density at radius 3 is 2.31 bits per heavy atom. The number of hydrogen-bond donors (Lipinski definition) is 3. The molecule has 26 heavy (non-hydrogen) atoms. The van der Waals surface area contributed by atoms with Crippen molar-refractivity contribution in [1.29, 1.82) is 0 Å². The van der Waals surface area contributed by atoms with Crippen LogP contribution in [-0.4, -0.2) is 18.4 Å². The first kappa shape index (κ1) is 18.0. The first-order chi connectivity index (χ1) is 12.4. The molecule has 0 heterocycles. The van der Waals surface area contributed by atoms with Crippen LogP contribution in [0.1, 0.15) is 29.5 Å². The van der Waals surface area contributed by atoms with Crippen LogP contribution in [0, 0.1) is 26.7 Å². The van der Waals surface area contributed by atoms with E-state index in [9.17, 15) is 9.59 Å². The van der Waals surface area contributed by atoms with Crippen molar-refractivity contribution in [2.24, 2.45) is 5.92 Å². The van der Waals surface area contributed by atoms with Gasteiger partial charge in [-0.2, -0.15) is 0 Å². The van der Waals surface area contributed by atoms with E-state index in [0.29, 0.717) is 5.69 Å². The molecule has 5 nitrogen and oxygen atoms in total. The quantitative estimate of drug-likeness (QED) is 0.736. The van der Waals surface area contributed by atoms with Gasteiger partial charge in [0.15, 0.2) is 0 Å². The number of amides is 2. The number of nitrogens with one attached hydrogen (secondary N) is 3. The van der Waals surface area contributed by atoms with Gasteiger partial charge in [0.2, 0.25) is 11.8 Å². The minimum Gasteiger partial charge on any atom is -0.376 e. The van der Waals surface area contributed by atoms with Crippen LogP contribution in [-0.2, 0) is 9.59 Å². The molecule has 1 aliphatic rings.